The molecule has 17 heavy (non-hydrogen) atoms. The average molecular weight is 294 g/mol. The van der Waals surface area contributed by atoms with Crippen LogP contribution < -0.4 is 3.71 Å². The van der Waals surface area contributed by atoms with Gasteiger partial charge in [0.15, 0.2) is 0 Å². The number of anilines is 1. The Morgan fingerprint density at radius 1 is 0.941 bits per heavy atom. The van der Waals surface area contributed by atoms with Crippen molar-refractivity contribution in [3.63, 3.8) is 0 Å². The zero-order chi connectivity index (χ0) is 13.4. The minimum absolute atomic E-state index is 0.803. The van der Waals surface area contributed by atoms with Gasteiger partial charge in [0.2, 0.25) is 0 Å². The van der Waals surface area contributed by atoms with Crippen LogP contribution in [0.3, 0.4) is 0 Å². The van der Waals surface area contributed by atoms with Crippen molar-refractivity contribution in [2.24, 2.45) is 0 Å². The summed E-state index contributed by atoms with van der Waals surface area (Å²) >= 11 is 6.15. The summed E-state index contributed by atoms with van der Waals surface area (Å²) in [6.45, 7) is 2.16. The summed E-state index contributed by atoms with van der Waals surface area (Å²) in [7, 11) is -1.61. The van der Waals surface area contributed by atoms with Gasteiger partial charge in [-0.3, -0.25) is 3.71 Å². The maximum atomic E-state index is 6.15. The largest absolute Gasteiger partial charge is 0.298 e. The molecule has 1 aromatic carbocycles. The normalized spacial score (nSPS) is 14.6. The van der Waals surface area contributed by atoms with E-state index < -0.39 is 20.4 Å². The first kappa shape index (κ1) is 15.1. The van der Waals surface area contributed by atoms with Gasteiger partial charge in [0.1, 0.15) is 0 Å². The molecule has 0 fully saturated rings. The van der Waals surface area contributed by atoms with Gasteiger partial charge in [-0.1, -0.05) is 17.7 Å². The van der Waals surface area contributed by atoms with Crippen LogP contribution in [0.5, 0.6) is 0 Å². The second-order valence-electron chi connectivity index (χ2n) is 5.73. The smallest absolute Gasteiger partial charge is 0.0601 e. The summed E-state index contributed by atoms with van der Waals surface area (Å²) in [5.41, 5.74) is 2.60. The van der Waals surface area contributed by atoms with Crippen LogP contribution in [0.25, 0.3) is 0 Å². The maximum Gasteiger partial charge on any atom is 0.0601 e. The van der Waals surface area contributed by atoms with Crippen LogP contribution in [-0.4, -0.2) is 37.5 Å². The van der Waals surface area contributed by atoms with Gasteiger partial charge in [-0.05, 0) is 62.2 Å². The topological polar surface area (TPSA) is 3.24 Å². The van der Waals surface area contributed by atoms with E-state index in [1.165, 1.54) is 11.3 Å². The number of rotatable bonds is 3. The third kappa shape index (κ3) is 3.73. The molecule has 0 heterocycles. The fraction of sp³-hybridized carbons (Fsp3) is 0.538. The van der Waals surface area contributed by atoms with E-state index in [9.17, 15) is 0 Å². The monoisotopic (exact) mass is 293 g/mol. The predicted molar refractivity (Wildman–Crippen MR) is 89.4 cm³/mol. The Balaban J connectivity index is 3.38. The molecule has 0 radical (unpaired) electrons. The Bertz CT molecular complexity index is 391. The second kappa shape index (κ2) is 4.94. The molecule has 0 saturated heterocycles. The Hall–Kier alpha value is 0.01000. The molecule has 0 aliphatic carbocycles. The molecule has 0 N–H and O–H groups in total. The van der Waals surface area contributed by atoms with Crippen molar-refractivity contribution < 1.29 is 0 Å². The number of hydrogen-bond donors (Lipinski definition) is 0. The number of aryl methyl sites for hydroxylation is 1. The van der Waals surface area contributed by atoms with Crippen LogP contribution in [0.4, 0.5) is 5.69 Å². The lowest BCUT2D eigenvalue weighted by Gasteiger charge is -2.53. The highest BCUT2D eigenvalue weighted by Gasteiger charge is 2.26. The Kier molecular flexibility index (Phi) is 4.38. The Morgan fingerprint density at radius 3 is 1.82 bits per heavy atom. The van der Waals surface area contributed by atoms with Crippen molar-refractivity contribution in [1.29, 1.82) is 0 Å². The molecule has 1 aromatic rings. The standard InChI is InChI=1S/C13H24ClNS2/c1-11-8-9-12(14)10-13(11)15(16(2,3)4)17(5,6)7/h8-10H,1-7H3. The molecule has 0 aromatic heterocycles. The SMILES string of the molecule is Cc1ccc(Cl)cc1N(S(C)(C)C)S(C)(C)C. The van der Waals surface area contributed by atoms with Crippen molar-refractivity contribution in [2.75, 3.05) is 41.2 Å². The van der Waals surface area contributed by atoms with E-state index in [0.717, 1.165) is 5.02 Å². The number of nitrogens with zero attached hydrogens (tertiary/aromatic N) is 1. The minimum Gasteiger partial charge on any atom is -0.298 e. The van der Waals surface area contributed by atoms with Gasteiger partial charge in [0, 0.05) is 5.02 Å². The quantitative estimate of drug-likeness (QED) is 0.782. The third-order valence-corrected chi connectivity index (χ3v) is 7.66. The van der Waals surface area contributed by atoms with Gasteiger partial charge in [0.25, 0.3) is 0 Å². The lowest BCUT2D eigenvalue weighted by atomic mass is 10.2. The summed E-state index contributed by atoms with van der Waals surface area (Å²) in [6, 6.07) is 6.18. The van der Waals surface area contributed by atoms with Crippen LogP contribution in [0.2, 0.25) is 5.02 Å². The maximum absolute atomic E-state index is 6.15. The van der Waals surface area contributed by atoms with Crippen LogP contribution in [0.15, 0.2) is 18.2 Å². The lowest BCUT2D eigenvalue weighted by molar-refractivity contribution is 1.42. The molecule has 100 valence electrons. The van der Waals surface area contributed by atoms with Gasteiger partial charge in [0.05, 0.1) is 5.69 Å². The number of benzene rings is 1. The van der Waals surface area contributed by atoms with Crippen molar-refractivity contribution >= 4 is 37.7 Å². The summed E-state index contributed by atoms with van der Waals surface area (Å²) in [5.74, 6) is 0. The first-order chi connectivity index (χ1) is 7.53. The molecular formula is C13H24ClNS2. The highest BCUT2D eigenvalue weighted by Crippen LogP contribution is 2.60. The highest BCUT2D eigenvalue weighted by atomic mass is 35.5. The van der Waals surface area contributed by atoms with Crippen LogP contribution in [-0.2, 0) is 0 Å². The molecule has 0 aliphatic rings. The van der Waals surface area contributed by atoms with Crippen molar-refractivity contribution in [1.82, 2.24) is 0 Å². The zero-order valence-electron chi connectivity index (χ0n) is 11.9. The highest BCUT2D eigenvalue weighted by molar-refractivity contribution is 8.49. The fourth-order valence-corrected chi connectivity index (χ4v) is 9.15. The van der Waals surface area contributed by atoms with E-state index in [1.54, 1.807) is 0 Å². The molecule has 0 amide bonds. The van der Waals surface area contributed by atoms with E-state index in [-0.39, 0.29) is 0 Å². The molecule has 0 aliphatic heterocycles. The van der Waals surface area contributed by atoms with Gasteiger partial charge in [-0.15, -0.1) is 0 Å². The zero-order valence-corrected chi connectivity index (χ0v) is 14.3. The van der Waals surface area contributed by atoms with Gasteiger partial charge in [-0.2, -0.15) is 20.4 Å². The van der Waals surface area contributed by atoms with Crippen LogP contribution in [0, 0.1) is 6.92 Å². The van der Waals surface area contributed by atoms with Gasteiger partial charge in [-0.25, -0.2) is 0 Å². The number of halogens is 1. The molecule has 0 spiro atoms. The Labute approximate surface area is 114 Å². The van der Waals surface area contributed by atoms with Crippen molar-refractivity contribution in [3.8, 4) is 0 Å². The molecular weight excluding hydrogens is 270 g/mol. The molecule has 0 bridgehead atoms. The van der Waals surface area contributed by atoms with E-state index >= 15 is 0 Å². The third-order valence-electron chi connectivity index (χ3n) is 2.36. The van der Waals surface area contributed by atoms with Crippen LogP contribution >= 0.6 is 32.0 Å². The molecule has 0 atom stereocenters. The molecule has 0 unspecified atom stereocenters. The van der Waals surface area contributed by atoms with Gasteiger partial charge >= 0.3 is 0 Å². The predicted octanol–water partition coefficient (Wildman–Crippen LogP) is 4.67. The molecule has 1 rings (SSSR count). The molecule has 4 heteroatoms. The number of hydrogen-bond acceptors (Lipinski definition) is 1. The van der Waals surface area contributed by atoms with Crippen molar-refractivity contribution in [2.45, 2.75) is 6.92 Å². The average Bonchev–Trinajstić information content (AvgIpc) is 2.06. The summed E-state index contributed by atoms with van der Waals surface area (Å²) in [5, 5.41) is 0.822. The lowest BCUT2D eigenvalue weighted by Crippen LogP contribution is -2.28. The Morgan fingerprint density at radius 2 is 1.41 bits per heavy atom. The van der Waals surface area contributed by atoms with E-state index in [2.05, 4.69) is 60.3 Å². The van der Waals surface area contributed by atoms with E-state index in [4.69, 9.17) is 11.6 Å². The van der Waals surface area contributed by atoms with Crippen molar-refractivity contribution in [3.05, 3.63) is 28.8 Å². The second-order valence-corrected chi connectivity index (χ2v) is 14.2. The summed E-state index contributed by atoms with van der Waals surface area (Å²) in [6.07, 6.45) is 14.0. The minimum atomic E-state index is -0.803. The van der Waals surface area contributed by atoms with Gasteiger partial charge < -0.3 is 0 Å². The first-order valence-electron chi connectivity index (χ1n) is 5.47. The first-order valence-corrected chi connectivity index (χ1v) is 11.5. The summed E-state index contributed by atoms with van der Waals surface area (Å²) < 4.78 is 2.60. The molecule has 1 nitrogen and oxygen atoms in total. The summed E-state index contributed by atoms with van der Waals surface area (Å²) in [4.78, 5) is 0. The van der Waals surface area contributed by atoms with Crippen LogP contribution in [0.1, 0.15) is 5.56 Å². The molecule has 0 saturated carbocycles. The van der Waals surface area contributed by atoms with E-state index in [1.807, 2.05) is 6.07 Å². The fourth-order valence-electron chi connectivity index (χ4n) is 2.04. The van der Waals surface area contributed by atoms with E-state index in [0.29, 0.717) is 0 Å².